The summed E-state index contributed by atoms with van der Waals surface area (Å²) in [5, 5.41) is 2.73. The molecule has 0 aliphatic rings. The molecule has 3 rings (SSSR count). The molecule has 0 aliphatic heterocycles. The molecule has 0 atom stereocenters. The van der Waals surface area contributed by atoms with E-state index in [9.17, 15) is 4.79 Å². The Balaban J connectivity index is 1.78. The molecule has 0 unspecified atom stereocenters. The van der Waals surface area contributed by atoms with Gasteiger partial charge in [-0.3, -0.25) is 4.79 Å². The number of nitrogens with one attached hydrogen (secondary N) is 2. The number of benzene rings is 1. The average Bonchev–Trinajstić information content (AvgIpc) is 2.57. The number of hydrogen-bond donors (Lipinski definition) is 2. The molecule has 0 saturated carbocycles. The zero-order valence-electron chi connectivity index (χ0n) is 11.5. The van der Waals surface area contributed by atoms with Gasteiger partial charge in [-0.25, -0.2) is 9.97 Å². The minimum absolute atomic E-state index is 0.294. The molecule has 2 N–H and O–H groups in total. The van der Waals surface area contributed by atoms with Crippen LogP contribution in [0.25, 0.3) is 11.4 Å². The lowest BCUT2D eigenvalue weighted by Crippen LogP contribution is -2.13. The predicted molar refractivity (Wildman–Crippen MR) is 87.0 cm³/mol. The van der Waals surface area contributed by atoms with Crippen molar-refractivity contribution in [2.45, 2.75) is 0 Å². The highest BCUT2D eigenvalue weighted by molar-refractivity contribution is 7.71. The fraction of sp³-hybridized carbons (Fsp3) is 0. The number of pyridine rings is 1. The first kappa shape index (κ1) is 14.1. The molecule has 0 aliphatic carbocycles. The van der Waals surface area contributed by atoms with Gasteiger partial charge in [0.05, 0.1) is 23.6 Å². The molecular weight excluding hydrogens is 296 g/mol. The van der Waals surface area contributed by atoms with Crippen molar-refractivity contribution in [3.8, 4) is 11.4 Å². The second kappa shape index (κ2) is 6.28. The van der Waals surface area contributed by atoms with Crippen molar-refractivity contribution in [3.63, 3.8) is 0 Å². The van der Waals surface area contributed by atoms with E-state index in [-0.39, 0.29) is 5.91 Å². The molecule has 0 radical (unpaired) electrons. The van der Waals surface area contributed by atoms with Crippen LogP contribution in [-0.4, -0.2) is 20.9 Å². The normalized spacial score (nSPS) is 10.2. The van der Waals surface area contributed by atoms with Crippen LogP contribution in [0.1, 0.15) is 10.4 Å². The second-order valence-corrected chi connectivity index (χ2v) is 4.94. The lowest BCUT2D eigenvalue weighted by atomic mass is 10.2. The molecule has 22 heavy (non-hydrogen) atoms. The predicted octanol–water partition coefficient (Wildman–Crippen LogP) is 3.45. The van der Waals surface area contributed by atoms with Crippen LogP contribution in [0, 0.1) is 4.64 Å². The summed E-state index contributed by atoms with van der Waals surface area (Å²) in [5.41, 5.74) is 1.85. The first-order chi connectivity index (χ1) is 10.7. The maximum Gasteiger partial charge on any atom is 0.258 e. The molecule has 2 heterocycles. The number of aromatic amines is 1. The molecule has 108 valence electrons. The summed E-state index contributed by atoms with van der Waals surface area (Å²) in [4.78, 5) is 23.5. The molecule has 2 aromatic heterocycles. The molecule has 0 saturated heterocycles. The minimum atomic E-state index is -0.294. The van der Waals surface area contributed by atoms with Gasteiger partial charge in [0, 0.05) is 11.8 Å². The van der Waals surface area contributed by atoms with E-state index in [1.165, 1.54) is 0 Å². The third-order valence-corrected chi connectivity index (χ3v) is 3.34. The Kier molecular flexibility index (Phi) is 4.02. The zero-order chi connectivity index (χ0) is 15.4. The van der Waals surface area contributed by atoms with Crippen LogP contribution in [0.2, 0.25) is 0 Å². The molecule has 0 fully saturated rings. The van der Waals surface area contributed by atoms with E-state index >= 15 is 0 Å². The van der Waals surface area contributed by atoms with Crippen molar-refractivity contribution in [2.75, 3.05) is 5.32 Å². The highest BCUT2D eigenvalue weighted by atomic mass is 32.1. The number of amides is 1. The van der Waals surface area contributed by atoms with Gasteiger partial charge in [-0.2, -0.15) is 0 Å². The quantitative estimate of drug-likeness (QED) is 0.727. The van der Waals surface area contributed by atoms with Crippen molar-refractivity contribution >= 4 is 23.8 Å². The van der Waals surface area contributed by atoms with Gasteiger partial charge in [-0.15, -0.1) is 0 Å². The minimum Gasteiger partial charge on any atom is -0.352 e. The van der Waals surface area contributed by atoms with Crippen LogP contribution in [0.15, 0.2) is 61.1 Å². The van der Waals surface area contributed by atoms with Gasteiger partial charge in [0.1, 0.15) is 4.64 Å². The van der Waals surface area contributed by atoms with Crippen LogP contribution < -0.4 is 5.32 Å². The van der Waals surface area contributed by atoms with E-state index in [1.807, 2.05) is 30.3 Å². The zero-order valence-corrected chi connectivity index (χ0v) is 12.3. The van der Waals surface area contributed by atoms with Crippen LogP contribution in [-0.2, 0) is 0 Å². The van der Waals surface area contributed by atoms with Gasteiger partial charge >= 0.3 is 0 Å². The number of rotatable bonds is 3. The fourth-order valence-electron chi connectivity index (χ4n) is 1.93. The van der Waals surface area contributed by atoms with Crippen molar-refractivity contribution in [3.05, 3.63) is 71.3 Å². The summed E-state index contributed by atoms with van der Waals surface area (Å²) in [6.07, 6.45) is 4.82. The number of carbonyl (C=O) groups is 1. The van der Waals surface area contributed by atoms with E-state index < -0.39 is 0 Å². The Labute approximate surface area is 132 Å². The molecule has 3 aromatic rings. The molecule has 6 heteroatoms. The summed E-state index contributed by atoms with van der Waals surface area (Å²) in [7, 11) is 0. The van der Waals surface area contributed by atoms with Crippen molar-refractivity contribution < 1.29 is 4.79 Å². The number of nitrogens with zero attached hydrogens (tertiary/aromatic N) is 2. The molecule has 0 spiro atoms. The maximum atomic E-state index is 12.1. The van der Waals surface area contributed by atoms with Crippen molar-refractivity contribution in [1.82, 2.24) is 15.0 Å². The van der Waals surface area contributed by atoms with E-state index in [0.717, 1.165) is 5.56 Å². The first-order valence-corrected chi connectivity index (χ1v) is 7.01. The number of hydrogen-bond acceptors (Lipinski definition) is 4. The highest BCUT2D eigenvalue weighted by Gasteiger charge is 2.08. The summed E-state index contributed by atoms with van der Waals surface area (Å²) in [5.74, 6) is 0.313. The van der Waals surface area contributed by atoms with Gasteiger partial charge in [0.25, 0.3) is 5.91 Å². The third-order valence-electron chi connectivity index (χ3n) is 3.00. The molecular formula is C16H12N4OS. The molecule has 1 aromatic carbocycles. The third kappa shape index (κ3) is 3.07. The monoisotopic (exact) mass is 308 g/mol. The summed E-state index contributed by atoms with van der Waals surface area (Å²) < 4.78 is 0.391. The molecule has 5 nitrogen and oxygen atoms in total. The van der Waals surface area contributed by atoms with E-state index in [4.69, 9.17) is 12.2 Å². The standard InChI is InChI=1S/C16H12N4OS/c21-15(13-7-4-8-17-16(13)22)20-12-9-18-14(19-10-12)11-5-2-1-3-6-11/h1-10H,(H,17,22)(H,20,21). The first-order valence-electron chi connectivity index (χ1n) is 6.60. The van der Waals surface area contributed by atoms with E-state index in [2.05, 4.69) is 20.3 Å². The van der Waals surface area contributed by atoms with E-state index in [0.29, 0.717) is 21.7 Å². The Morgan fingerprint density at radius 1 is 1.05 bits per heavy atom. The van der Waals surface area contributed by atoms with E-state index in [1.54, 1.807) is 30.7 Å². The molecule has 1 amide bonds. The Bertz CT molecular complexity index is 844. The van der Waals surface area contributed by atoms with Crippen molar-refractivity contribution in [1.29, 1.82) is 0 Å². The summed E-state index contributed by atoms with van der Waals surface area (Å²) in [6, 6.07) is 13.0. The smallest absolute Gasteiger partial charge is 0.258 e. The van der Waals surface area contributed by atoms with Crippen LogP contribution >= 0.6 is 12.2 Å². The van der Waals surface area contributed by atoms with Gasteiger partial charge in [0.15, 0.2) is 5.82 Å². The fourth-order valence-corrected chi connectivity index (χ4v) is 2.16. The number of aromatic nitrogens is 3. The Morgan fingerprint density at radius 3 is 2.45 bits per heavy atom. The average molecular weight is 308 g/mol. The summed E-state index contributed by atoms with van der Waals surface area (Å²) in [6.45, 7) is 0. The highest BCUT2D eigenvalue weighted by Crippen LogP contribution is 2.15. The SMILES string of the molecule is O=C(Nc1cnc(-c2ccccc2)nc1)c1ccc[nH]c1=S. The maximum absolute atomic E-state index is 12.1. The Hall–Kier alpha value is -2.86. The Morgan fingerprint density at radius 2 is 1.77 bits per heavy atom. The number of carbonyl (C=O) groups excluding carboxylic acids is 1. The lowest BCUT2D eigenvalue weighted by molar-refractivity contribution is 0.102. The molecule has 0 bridgehead atoms. The number of anilines is 1. The number of H-pyrrole nitrogens is 1. The van der Waals surface area contributed by atoms with Gasteiger partial charge < -0.3 is 10.3 Å². The lowest BCUT2D eigenvalue weighted by Gasteiger charge is -2.05. The summed E-state index contributed by atoms with van der Waals surface area (Å²) >= 11 is 5.08. The largest absolute Gasteiger partial charge is 0.352 e. The topological polar surface area (TPSA) is 70.7 Å². The van der Waals surface area contributed by atoms with Crippen LogP contribution in [0.4, 0.5) is 5.69 Å². The van der Waals surface area contributed by atoms with Gasteiger partial charge in [-0.05, 0) is 12.1 Å². The second-order valence-electron chi connectivity index (χ2n) is 4.53. The van der Waals surface area contributed by atoms with Crippen LogP contribution in [0.3, 0.4) is 0 Å². The van der Waals surface area contributed by atoms with Gasteiger partial charge in [0.2, 0.25) is 0 Å². The van der Waals surface area contributed by atoms with Gasteiger partial charge in [-0.1, -0.05) is 42.5 Å². The van der Waals surface area contributed by atoms with Crippen LogP contribution in [0.5, 0.6) is 0 Å². The van der Waals surface area contributed by atoms with Crippen molar-refractivity contribution in [2.24, 2.45) is 0 Å².